The molecule has 0 bridgehead atoms. The van der Waals surface area contributed by atoms with Crippen molar-refractivity contribution in [1.82, 2.24) is 9.97 Å². The van der Waals surface area contributed by atoms with E-state index in [0.29, 0.717) is 11.6 Å². The van der Waals surface area contributed by atoms with Crippen molar-refractivity contribution in [3.63, 3.8) is 0 Å². The number of alkyl halides is 3. The highest BCUT2D eigenvalue weighted by molar-refractivity contribution is 5.72. The van der Waals surface area contributed by atoms with E-state index < -0.39 is 36.1 Å². The number of benzene rings is 1. The van der Waals surface area contributed by atoms with Crippen LogP contribution in [-0.2, 0) is 11.0 Å². The minimum atomic E-state index is -4.75. The Morgan fingerprint density at radius 1 is 1.25 bits per heavy atom. The smallest absolute Gasteiger partial charge is 0.433 e. The molecule has 0 saturated carbocycles. The molecule has 0 atom stereocenters. The zero-order chi connectivity index (χ0) is 17.9. The quantitative estimate of drug-likeness (QED) is 0.722. The molecule has 0 amide bonds. The molecule has 0 aliphatic rings. The van der Waals surface area contributed by atoms with E-state index in [1.54, 1.807) is 6.92 Å². The van der Waals surface area contributed by atoms with Gasteiger partial charge in [0, 0.05) is 11.8 Å². The van der Waals surface area contributed by atoms with E-state index in [4.69, 9.17) is 5.11 Å². The Kier molecular flexibility index (Phi) is 4.86. The second-order valence-corrected chi connectivity index (χ2v) is 4.80. The van der Waals surface area contributed by atoms with Crippen molar-refractivity contribution in [2.45, 2.75) is 13.1 Å². The minimum absolute atomic E-state index is 0.189. The number of hydrogen-bond donors (Lipinski definition) is 3. The molecule has 2 aromatic rings. The molecule has 1 aromatic heterocycles. The predicted octanol–water partition coefficient (Wildman–Crippen LogP) is 3.18. The predicted molar refractivity (Wildman–Crippen MR) is 77.6 cm³/mol. The lowest BCUT2D eigenvalue weighted by atomic mass is 10.2. The van der Waals surface area contributed by atoms with Gasteiger partial charge in [-0.15, -0.1) is 0 Å². The maximum Gasteiger partial charge on any atom is 0.433 e. The molecule has 2 rings (SSSR count). The Bertz CT molecular complexity index is 765. The summed E-state index contributed by atoms with van der Waals surface area (Å²) in [5.74, 6) is -2.59. The third-order valence-corrected chi connectivity index (χ3v) is 2.86. The number of halogens is 4. The third-order valence-electron chi connectivity index (χ3n) is 2.86. The summed E-state index contributed by atoms with van der Waals surface area (Å²) in [6, 6.07) is 4.67. The van der Waals surface area contributed by atoms with Gasteiger partial charge in [0.15, 0.2) is 5.69 Å². The first-order chi connectivity index (χ1) is 11.1. The highest BCUT2D eigenvalue weighted by atomic mass is 19.4. The van der Waals surface area contributed by atoms with Crippen molar-refractivity contribution in [3.8, 4) is 0 Å². The maximum absolute atomic E-state index is 13.5. The lowest BCUT2D eigenvalue weighted by molar-refractivity contribution is -0.141. The summed E-state index contributed by atoms with van der Waals surface area (Å²) in [6.45, 7) is 0.888. The first kappa shape index (κ1) is 17.4. The van der Waals surface area contributed by atoms with Crippen LogP contribution < -0.4 is 10.6 Å². The van der Waals surface area contributed by atoms with Crippen LogP contribution in [0.2, 0.25) is 0 Å². The summed E-state index contributed by atoms with van der Waals surface area (Å²) in [5, 5.41) is 13.3. The topological polar surface area (TPSA) is 87.1 Å². The maximum atomic E-state index is 13.5. The Morgan fingerprint density at radius 2 is 1.96 bits per heavy atom. The standard InChI is InChI=1S/C14H12F4N4O2/c1-7-2-3-8(4-9(7)15)20-11-5-10(14(16,17)18)21-13(22-11)19-6-12(23)24/h2-5H,6H2,1H3,(H,23,24)(H2,19,20,21,22). The van der Waals surface area contributed by atoms with Gasteiger partial charge < -0.3 is 15.7 Å². The fraction of sp³-hybridized carbons (Fsp3) is 0.214. The molecule has 3 N–H and O–H groups in total. The molecule has 0 fully saturated rings. The average molecular weight is 344 g/mol. The van der Waals surface area contributed by atoms with Gasteiger partial charge in [-0.1, -0.05) is 6.07 Å². The number of aliphatic carboxylic acids is 1. The Labute approximate surface area is 133 Å². The fourth-order valence-corrected chi connectivity index (χ4v) is 1.71. The number of carboxylic acids is 1. The van der Waals surface area contributed by atoms with Crippen molar-refractivity contribution in [1.29, 1.82) is 0 Å². The van der Waals surface area contributed by atoms with E-state index >= 15 is 0 Å². The molecule has 128 valence electrons. The van der Waals surface area contributed by atoms with E-state index in [-0.39, 0.29) is 11.5 Å². The van der Waals surface area contributed by atoms with Crippen LogP contribution in [0.25, 0.3) is 0 Å². The van der Waals surface area contributed by atoms with Gasteiger partial charge in [-0.3, -0.25) is 4.79 Å². The Morgan fingerprint density at radius 3 is 2.54 bits per heavy atom. The number of nitrogens with one attached hydrogen (secondary N) is 2. The molecule has 0 radical (unpaired) electrons. The fourth-order valence-electron chi connectivity index (χ4n) is 1.71. The van der Waals surface area contributed by atoms with Crippen molar-refractivity contribution in [3.05, 3.63) is 41.3 Å². The summed E-state index contributed by atoms with van der Waals surface area (Å²) in [7, 11) is 0. The zero-order valence-corrected chi connectivity index (χ0v) is 12.3. The van der Waals surface area contributed by atoms with Crippen LogP contribution in [0.4, 0.5) is 35.0 Å². The van der Waals surface area contributed by atoms with E-state index in [9.17, 15) is 22.4 Å². The molecule has 0 aliphatic heterocycles. The lowest BCUT2D eigenvalue weighted by Crippen LogP contribution is -2.17. The number of carbonyl (C=O) groups is 1. The van der Waals surface area contributed by atoms with Crippen molar-refractivity contribution < 1.29 is 27.5 Å². The minimum Gasteiger partial charge on any atom is -0.480 e. The molecule has 0 saturated heterocycles. The van der Waals surface area contributed by atoms with Gasteiger partial charge in [0.05, 0.1) is 0 Å². The molecular formula is C14H12F4N4O2. The van der Waals surface area contributed by atoms with Crippen molar-refractivity contribution >= 4 is 23.4 Å². The highest BCUT2D eigenvalue weighted by Gasteiger charge is 2.33. The lowest BCUT2D eigenvalue weighted by Gasteiger charge is -2.12. The summed E-state index contributed by atoms with van der Waals surface area (Å²) < 4.78 is 52.2. The van der Waals surface area contributed by atoms with Crippen LogP contribution in [0.1, 0.15) is 11.3 Å². The summed E-state index contributed by atoms with van der Waals surface area (Å²) >= 11 is 0. The number of anilines is 3. The van der Waals surface area contributed by atoms with E-state index in [1.165, 1.54) is 12.1 Å². The summed E-state index contributed by atoms with van der Waals surface area (Å²) in [5.41, 5.74) is -0.697. The normalized spacial score (nSPS) is 11.2. The second kappa shape index (κ2) is 6.69. The SMILES string of the molecule is Cc1ccc(Nc2cc(C(F)(F)F)nc(NCC(=O)O)n2)cc1F. The summed E-state index contributed by atoms with van der Waals surface area (Å²) in [4.78, 5) is 17.5. The first-order valence-electron chi connectivity index (χ1n) is 6.60. The molecule has 10 heteroatoms. The number of rotatable bonds is 5. The zero-order valence-electron chi connectivity index (χ0n) is 12.3. The van der Waals surface area contributed by atoms with Crippen LogP contribution >= 0.6 is 0 Å². The molecular weight excluding hydrogens is 332 g/mol. The van der Waals surface area contributed by atoms with Crippen LogP contribution in [0.15, 0.2) is 24.3 Å². The molecule has 0 unspecified atom stereocenters. The number of carboxylic acid groups (broad SMARTS) is 1. The molecule has 1 heterocycles. The Balaban J connectivity index is 2.34. The molecule has 1 aromatic carbocycles. The molecule has 0 aliphatic carbocycles. The van der Waals surface area contributed by atoms with Crippen LogP contribution in [0.3, 0.4) is 0 Å². The van der Waals surface area contributed by atoms with E-state index in [2.05, 4.69) is 20.6 Å². The monoisotopic (exact) mass is 344 g/mol. The van der Waals surface area contributed by atoms with Crippen LogP contribution in [0.5, 0.6) is 0 Å². The van der Waals surface area contributed by atoms with Gasteiger partial charge in [0.1, 0.15) is 18.2 Å². The van der Waals surface area contributed by atoms with Gasteiger partial charge in [-0.05, 0) is 24.6 Å². The highest BCUT2D eigenvalue weighted by Crippen LogP contribution is 2.30. The number of aromatic nitrogens is 2. The van der Waals surface area contributed by atoms with E-state index in [1.807, 2.05) is 0 Å². The Hall–Kier alpha value is -2.91. The molecule has 0 spiro atoms. The van der Waals surface area contributed by atoms with Crippen molar-refractivity contribution in [2.75, 3.05) is 17.2 Å². The number of hydrogen-bond acceptors (Lipinski definition) is 5. The average Bonchev–Trinajstić information content (AvgIpc) is 2.48. The van der Waals surface area contributed by atoms with E-state index in [0.717, 1.165) is 6.07 Å². The largest absolute Gasteiger partial charge is 0.480 e. The van der Waals surface area contributed by atoms with Crippen molar-refractivity contribution in [2.24, 2.45) is 0 Å². The number of nitrogens with zero attached hydrogens (tertiary/aromatic N) is 2. The summed E-state index contributed by atoms with van der Waals surface area (Å²) in [6.07, 6.45) is -4.75. The van der Waals surface area contributed by atoms with Crippen LogP contribution in [-0.4, -0.2) is 27.6 Å². The van der Waals surface area contributed by atoms with Gasteiger partial charge in [0.2, 0.25) is 5.95 Å². The van der Waals surface area contributed by atoms with Gasteiger partial charge in [-0.25, -0.2) is 9.37 Å². The van der Waals surface area contributed by atoms with Gasteiger partial charge >= 0.3 is 12.1 Å². The number of aryl methyl sites for hydroxylation is 1. The molecule has 6 nitrogen and oxygen atoms in total. The third kappa shape index (κ3) is 4.54. The van der Waals surface area contributed by atoms with Crippen LogP contribution in [0, 0.1) is 12.7 Å². The van der Waals surface area contributed by atoms with Gasteiger partial charge in [0.25, 0.3) is 0 Å². The first-order valence-corrected chi connectivity index (χ1v) is 6.60. The second-order valence-electron chi connectivity index (χ2n) is 4.80. The molecule has 24 heavy (non-hydrogen) atoms. The van der Waals surface area contributed by atoms with Gasteiger partial charge in [-0.2, -0.15) is 18.2 Å².